The number of hydrogen-bond acceptors (Lipinski definition) is 3. The molecule has 1 aliphatic rings. The van der Waals surface area contributed by atoms with Crippen LogP contribution < -0.4 is 0 Å². The van der Waals surface area contributed by atoms with Crippen LogP contribution in [0.3, 0.4) is 0 Å². The van der Waals surface area contributed by atoms with Crippen LogP contribution in [0.25, 0.3) is 0 Å². The maximum Gasteiger partial charge on any atom is 0.327 e. The molecule has 1 atom stereocenters. The fourth-order valence-electron chi connectivity index (χ4n) is 2.91. The van der Waals surface area contributed by atoms with Crippen LogP contribution in [0, 0.1) is 0 Å². The van der Waals surface area contributed by atoms with Crippen molar-refractivity contribution >= 4 is 5.97 Å². The number of benzene rings is 1. The first kappa shape index (κ1) is 16.0. The van der Waals surface area contributed by atoms with Gasteiger partial charge < -0.3 is 4.74 Å². The smallest absolute Gasteiger partial charge is 0.327 e. The van der Waals surface area contributed by atoms with Crippen LogP contribution in [-0.4, -0.2) is 35.1 Å². The highest BCUT2D eigenvalue weighted by Crippen LogP contribution is 2.28. The van der Waals surface area contributed by atoms with Gasteiger partial charge in [-0.05, 0) is 59.2 Å². The van der Waals surface area contributed by atoms with Gasteiger partial charge in [0, 0.05) is 6.42 Å². The standard InChI is InChI=1S/C18H27NO2/c1-17(2,3)21-16(20)18(4,19-12-8-9-13-19)14-15-10-6-5-7-11-15/h5-7,10-11H,8-9,12-14H2,1-4H3. The molecule has 1 aliphatic heterocycles. The fraction of sp³-hybridized carbons (Fsp3) is 0.611. The number of rotatable bonds is 4. The summed E-state index contributed by atoms with van der Waals surface area (Å²) in [6.07, 6.45) is 3.02. The Balaban J connectivity index is 2.23. The second-order valence-electron chi connectivity index (χ2n) is 7.13. The Labute approximate surface area is 128 Å². The van der Waals surface area contributed by atoms with Crippen LogP contribution >= 0.6 is 0 Å². The van der Waals surface area contributed by atoms with Crippen LogP contribution in [-0.2, 0) is 16.0 Å². The zero-order valence-electron chi connectivity index (χ0n) is 13.7. The van der Waals surface area contributed by atoms with Crippen molar-refractivity contribution in [2.24, 2.45) is 0 Å². The molecule has 3 nitrogen and oxygen atoms in total. The van der Waals surface area contributed by atoms with Crippen LogP contribution in [0.15, 0.2) is 30.3 Å². The molecule has 0 N–H and O–H groups in total. The summed E-state index contributed by atoms with van der Waals surface area (Å²) in [6, 6.07) is 10.2. The summed E-state index contributed by atoms with van der Waals surface area (Å²) in [4.78, 5) is 15.1. The van der Waals surface area contributed by atoms with E-state index in [9.17, 15) is 4.79 Å². The molecule has 0 aliphatic carbocycles. The number of nitrogens with zero attached hydrogens (tertiary/aromatic N) is 1. The lowest BCUT2D eigenvalue weighted by Crippen LogP contribution is -2.55. The molecule has 116 valence electrons. The number of carbonyl (C=O) groups excluding carboxylic acids is 1. The monoisotopic (exact) mass is 289 g/mol. The minimum atomic E-state index is -0.578. The minimum Gasteiger partial charge on any atom is -0.459 e. The maximum absolute atomic E-state index is 12.8. The molecular weight excluding hydrogens is 262 g/mol. The van der Waals surface area contributed by atoms with Crippen molar-refractivity contribution in [3.8, 4) is 0 Å². The Morgan fingerprint density at radius 2 is 1.67 bits per heavy atom. The molecule has 1 heterocycles. The first-order chi connectivity index (χ1) is 9.81. The highest BCUT2D eigenvalue weighted by molar-refractivity contribution is 5.81. The van der Waals surface area contributed by atoms with E-state index in [1.807, 2.05) is 45.9 Å². The van der Waals surface area contributed by atoms with Gasteiger partial charge in [0.1, 0.15) is 11.1 Å². The molecule has 1 saturated heterocycles. The van der Waals surface area contributed by atoms with Crippen LogP contribution in [0.5, 0.6) is 0 Å². The molecule has 1 unspecified atom stereocenters. The summed E-state index contributed by atoms with van der Waals surface area (Å²) in [6.45, 7) is 9.76. The second kappa shape index (κ2) is 6.18. The summed E-state index contributed by atoms with van der Waals surface area (Å²) in [7, 11) is 0. The molecule has 0 spiro atoms. The molecule has 1 aromatic rings. The van der Waals surface area contributed by atoms with Crippen molar-refractivity contribution in [1.29, 1.82) is 0 Å². The summed E-state index contributed by atoms with van der Waals surface area (Å²) >= 11 is 0. The normalized spacial score (nSPS) is 19.2. The zero-order valence-corrected chi connectivity index (χ0v) is 13.7. The fourth-order valence-corrected chi connectivity index (χ4v) is 2.91. The molecular formula is C18H27NO2. The summed E-state index contributed by atoms with van der Waals surface area (Å²) < 4.78 is 5.71. The Hall–Kier alpha value is -1.35. The highest BCUT2D eigenvalue weighted by atomic mass is 16.6. The predicted octanol–water partition coefficient (Wildman–Crippen LogP) is 3.43. The van der Waals surface area contributed by atoms with Crippen molar-refractivity contribution in [2.75, 3.05) is 13.1 Å². The van der Waals surface area contributed by atoms with Crippen molar-refractivity contribution < 1.29 is 9.53 Å². The van der Waals surface area contributed by atoms with Gasteiger partial charge in [-0.2, -0.15) is 0 Å². The van der Waals surface area contributed by atoms with Crippen molar-refractivity contribution in [3.63, 3.8) is 0 Å². The Morgan fingerprint density at radius 3 is 2.19 bits per heavy atom. The molecule has 2 rings (SSSR count). The van der Waals surface area contributed by atoms with Gasteiger partial charge >= 0.3 is 5.97 Å². The van der Waals surface area contributed by atoms with Crippen LogP contribution in [0.2, 0.25) is 0 Å². The molecule has 1 aromatic carbocycles. The van der Waals surface area contributed by atoms with Gasteiger partial charge in [0.2, 0.25) is 0 Å². The number of esters is 1. The highest BCUT2D eigenvalue weighted by Gasteiger charge is 2.43. The van der Waals surface area contributed by atoms with E-state index in [1.165, 1.54) is 5.56 Å². The largest absolute Gasteiger partial charge is 0.459 e. The molecule has 0 radical (unpaired) electrons. The second-order valence-corrected chi connectivity index (χ2v) is 7.13. The summed E-state index contributed by atoms with van der Waals surface area (Å²) in [5.41, 5.74) is 0.151. The van der Waals surface area contributed by atoms with E-state index in [-0.39, 0.29) is 5.97 Å². The van der Waals surface area contributed by atoms with Gasteiger partial charge in [-0.1, -0.05) is 30.3 Å². The van der Waals surface area contributed by atoms with E-state index >= 15 is 0 Å². The predicted molar refractivity (Wildman–Crippen MR) is 85.2 cm³/mol. The van der Waals surface area contributed by atoms with E-state index in [1.54, 1.807) is 0 Å². The van der Waals surface area contributed by atoms with E-state index in [0.29, 0.717) is 6.42 Å². The SMILES string of the molecule is CC(C)(C)OC(=O)C(C)(Cc1ccccc1)N1CCCC1. The quantitative estimate of drug-likeness (QED) is 0.795. The first-order valence-electron chi connectivity index (χ1n) is 7.84. The lowest BCUT2D eigenvalue weighted by atomic mass is 9.90. The third-order valence-electron chi connectivity index (χ3n) is 4.03. The lowest BCUT2D eigenvalue weighted by molar-refractivity contribution is -0.168. The molecule has 3 heteroatoms. The minimum absolute atomic E-state index is 0.110. The van der Waals surface area contributed by atoms with Crippen molar-refractivity contribution in [3.05, 3.63) is 35.9 Å². The van der Waals surface area contributed by atoms with Gasteiger partial charge in [0.15, 0.2) is 0 Å². The van der Waals surface area contributed by atoms with E-state index in [2.05, 4.69) is 17.0 Å². The molecule has 21 heavy (non-hydrogen) atoms. The molecule has 1 fully saturated rings. The van der Waals surface area contributed by atoms with E-state index in [4.69, 9.17) is 4.74 Å². The first-order valence-corrected chi connectivity index (χ1v) is 7.84. The van der Waals surface area contributed by atoms with Crippen molar-refractivity contribution in [1.82, 2.24) is 4.90 Å². The van der Waals surface area contributed by atoms with Gasteiger partial charge in [-0.3, -0.25) is 9.69 Å². The zero-order chi connectivity index (χ0) is 15.5. The van der Waals surface area contributed by atoms with Crippen LogP contribution in [0.4, 0.5) is 0 Å². The summed E-state index contributed by atoms with van der Waals surface area (Å²) in [5.74, 6) is -0.110. The molecule has 0 bridgehead atoms. The van der Waals surface area contributed by atoms with Crippen molar-refractivity contribution in [2.45, 2.75) is 58.1 Å². The van der Waals surface area contributed by atoms with Crippen LogP contribution in [0.1, 0.15) is 46.1 Å². The van der Waals surface area contributed by atoms with Gasteiger partial charge in [0.25, 0.3) is 0 Å². The van der Waals surface area contributed by atoms with E-state index in [0.717, 1.165) is 25.9 Å². The maximum atomic E-state index is 12.8. The molecule has 0 saturated carbocycles. The van der Waals surface area contributed by atoms with Gasteiger partial charge in [-0.25, -0.2) is 0 Å². The molecule has 0 amide bonds. The average Bonchev–Trinajstić information content (AvgIpc) is 2.92. The Morgan fingerprint density at radius 1 is 1.10 bits per heavy atom. The number of ether oxygens (including phenoxy) is 1. The Kier molecular flexibility index (Phi) is 4.72. The third kappa shape index (κ3) is 4.07. The lowest BCUT2D eigenvalue weighted by Gasteiger charge is -2.38. The van der Waals surface area contributed by atoms with E-state index < -0.39 is 11.1 Å². The van der Waals surface area contributed by atoms with Gasteiger partial charge in [0.05, 0.1) is 0 Å². The Bertz CT molecular complexity index is 472. The average molecular weight is 289 g/mol. The number of hydrogen-bond donors (Lipinski definition) is 0. The van der Waals surface area contributed by atoms with Gasteiger partial charge in [-0.15, -0.1) is 0 Å². The molecule has 0 aromatic heterocycles. The number of likely N-dealkylation sites (tertiary alicyclic amines) is 1. The number of carbonyl (C=O) groups is 1. The third-order valence-corrected chi connectivity index (χ3v) is 4.03. The summed E-state index contributed by atoms with van der Waals surface area (Å²) in [5, 5.41) is 0. The topological polar surface area (TPSA) is 29.5 Å².